The third-order valence-electron chi connectivity index (χ3n) is 4.27. The average molecular weight is 332 g/mol. The van der Waals surface area contributed by atoms with Gasteiger partial charge in [0, 0.05) is 18.2 Å². The summed E-state index contributed by atoms with van der Waals surface area (Å²) in [7, 11) is 1.74. The number of likely N-dealkylation sites (tertiary alicyclic amines) is 1. The number of benzene rings is 1. The predicted octanol–water partition coefficient (Wildman–Crippen LogP) is 2.80. The highest BCUT2D eigenvalue weighted by Crippen LogP contribution is 2.31. The van der Waals surface area contributed by atoms with Crippen molar-refractivity contribution in [3.63, 3.8) is 0 Å². The highest BCUT2D eigenvalue weighted by Gasteiger charge is 2.25. The van der Waals surface area contributed by atoms with Crippen LogP contribution < -0.4 is 15.4 Å². The average Bonchev–Trinajstić information content (AvgIpc) is 3.09. The van der Waals surface area contributed by atoms with Crippen molar-refractivity contribution in [3.05, 3.63) is 29.8 Å². The number of ether oxygens (including phenoxy) is 1. The van der Waals surface area contributed by atoms with Gasteiger partial charge in [0.15, 0.2) is 5.96 Å². The molecule has 1 heterocycles. The first kappa shape index (κ1) is 18.6. The van der Waals surface area contributed by atoms with Crippen LogP contribution in [0.5, 0.6) is 5.75 Å². The summed E-state index contributed by atoms with van der Waals surface area (Å²) in [6.07, 6.45) is 2.53. The second-order valence-corrected chi connectivity index (χ2v) is 6.52. The lowest BCUT2D eigenvalue weighted by Crippen LogP contribution is -2.41. The normalized spacial score (nSPS) is 17.1. The molecule has 5 nitrogen and oxygen atoms in total. The van der Waals surface area contributed by atoms with E-state index in [4.69, 9.17) is 9.73 Å². The molecule has 0 spiro atoms. The summed E-state index contributed by atoms with van der Waals surface area (Å²) in [5.41, 5.74) is 1.23. The van der Waals surface area contributed by atoms with E-state index in [9.17, 15) is 0 Å². The van der Waals surface area contributed by atoms with Crippen LogP contribution in [0.15, 0.2) is 29.3 Å². The zero-order chi connectivity index (χ0) is 17.4. The molecule has 0 radical (unpaired) electrons. The van der Waals surface area contributed by atoms with Crippen LogP contribution in [-0.2, 0) is 0 Å². The summed E-state index contributed by atoms with van der Waals surface area (Å²) >= 11 is 0. The number of rotatable bonds is 7. The van der Waals surface area contributed by atoms with Crippen LogP contribution in [0.25, 0.3) is 0 Å². The zero-order valence-electron chi connectivity index (χ0n) is 15.5. The molecule has 1 aliphatic rings. The van der Waals surface area contributed by atoms with Gasteiger partial charge in [0.1, 0.15) is 5.75 Å². The molecule has 0 saturated carbocycles. The summed E-state index contributed by atoms with van der Waals surface area (Å²) < 4.78 is 5.60. The summed E-state index contributed by atoms with van der Waals surface area (Å²) in [5.74, 6) is 1.83. The molecule has 5 heteroatoms. The van der Waals surface area contributed by atoms with E-state index in [0.717, 1.165) is 37.9 Å². The third-order valence-corrected chi connectivity index (χ3v) is 4.27. The Hall–Kier alpha value is -1.75. The van der Waals surface area contributed by atoms with Gasteiger partial charge in [0.25, 0.3) is 0 Å². The van der Waals surface area contributed by atoms with E-state index in [-0.39, 0.29) is 6.04 Å². The highest BCUT2D eigenvalue weighted by molar-refractivity contribution is 5.80. The summed E-state index contributed by atoms with van der Waals surface area (Å²) in [6.45, 7) is 10.2. The third kappa shape index (κ3) is 5.13. The first-order valence-corrected chi connectivity index (χ1v) is 9.07. The van der Waals surface area contributed by atoms with Gasteiger partial charge >= 0.3 is 0 Å². The van der Waals surface area contributed by atoms with Crippen LogP contribution in [0.2, 0.25) is 0 Å². The van der Waals surface area contributed by atoms with Crippen molar-refractivity contribution < 1.29 is 4.74 Å². The number of para-hydroxylation sites is 1. The van der Waals surface area contributed by atoms with Gasteiger partial charge in [-0.25, -0.2) is 0 Å². The molecule has 1 saturated heterocycles. The summed E-state index contributed by atoms with van der Waals surface area (Å²) in [6, 6.07) is 8.93. The van der Waals surface area contributed by atoms with Gasteiger partial charge in [0.05, 0.1) is 19.7 Å². The largest absolute Gasteiger partial charge is 0.496 e. The van der Waals surface area contributed by atoms with E-state index in [0.29, 0.717) is 6.04 Å². The van der Waals surface area contributed by atoms with Gasteiger partial charge in [-0.05, 0) is 52.8 Å². The molecule has 24 heavy (non-hydrogen) atoms. The van der Waals surface area contributed by atoms with Crippen molar-refractivity contribution in [3.8, 4) is 5.75 Å². The molecule has 2 rings (SSSR count). The number of hydrogen-bond acceptors (Lipinski definition) is 3. The second kappa shape index (κ2) is 9.52. The van der Waals surface area contributed by atoms with Crippen LogP contribution in [-0.4, -0.2) is 50.2 Å². The minimum Gasteiger partial charge on any atom is -0.496 e. The minimum atomic E-state index is 0.256. The van der Waals surface area contributed by atoms with E-state index in [1.165, 1.54) is 18.4 Å². The smallest absolute Gasteiger partial charge is 0.191 e. The molecule has 1 atom stereocenters. The van der Waals surface area contributed by atoms with Gasteiger partial charge in [-0.3, -0.25) is 9.89 Å². The lowest BCUT2D eigenvalue weighted by atomic mass is 10.0. The van der Waals surface area contributed by atoms with Crippen LogP contribution >= 0.6 is 0 Å². The molecule has 0 bridgehead atoms. The minimum absolute atomic E-state index is 0.256. The number of guanidine groups is 1. The lowest BCUT2D eigenvalue weighted by Gasteiger charge is -2.28. The van der Waals surface area contributed by atoms with Crippen molar-refractivity contribution in [2.75, 3.05) is 33.3 Å². The van der Waals surface area contributed by atoms with Crippen LogP contribution in [0, 0.1) is 0 Å². The Morgan fingerprint density at radius 1 is 1.25 bits per heavy atom. The van der Waals surface area contributed by atoms with Gasteiger partial charge in [0.2, 0.25) is 0 Å². The zero-order valence-corrected chi connectivity index (χ0v) is 15.5. The van der Waals surface area contributed by atoms with Crippen LogP contribution in [0.1, 0.15) is 45.2 Å². The molecule has 0 amide bonds. The van der Waals surface area contributed by atoms with Crippen molar-refractivity contribution in [2.24, 2.45) is 4.99 Å². The number of hydrogen-bond donors (Lipinski definition) is 2. The maximum atomic E-state index is 5.60. The van der Waals surface area contributed by atoms with Crippen LogP contribution in [0.4, 0.5) is 0 Å². The van der Waals surface area contributed by atoms with Gasteiger partial charge in [-0.1, -0.05) is 18.2 Å². The molecule has 1 aliphatic heterocycles. The highest BCUT2D eigenvalue weighted by atomic mass is 16.5. The van der Waals surface area contributed by atoms with E-state index in [2.05, 4.69) is 48.4 Å². The molecule has 1 aromatic carbocycles. The van der Waals surface area contributed by atoms with Crippen molar-refractivity contribution >= 4 is 5.96 Å². The molecule has 2 N–H and O–H groups in total. The standard InChI is InChI=1S/C19H32N4O/c1-5-20-19(22-15(2)3)21-14-17(23-12-8-9-13-23)16-10-6-7-11-18(16)24-4/h6-7,10-11,15,17H,5,8-9,12-14H2,1-4H3,(H2,20,21,22). The Labute approximate surface area is 146 Å². The molecule has 134 valence electrons. The Morgan fingerprint density at radius 3 is 2.58 bits per heavy atom. The predicted molar refractivity (Wildman–Crippen MR) is 101 cm³/mol. The summed E-state index contributed by atoms with van der Waals surface area (Å²) in [5, 5.41) is 6.72. The Bertz CT molecular complexity index is 524. The molecule has 0 aromatic heterocycles. The lowest BCUT2D eigenvalue weighted by molar-refractivity contribution is 0.245. The maximum Gasteiger partial charge on any atom is 0.191 e. The van der Waals surface area contributed by atoms with E-state index in [1.54, 1.807) is 7.11 Å². The molecule has 1 aromatic rings. The van der Waals surface area contributed by atoms with Crippen molar-refractivity contribution in [1.82, 2.24) is 15.5 Å². The summed E-state index contributed by atoms with van der Waals surface area (Å²) in [4.78, 5) is 7.38. The first-order valence-electron chi connectivity index (χ1n) is 9.07. The number of nitrogens with zero attached hydrogens (tertiary/aromatic N) is 2. The van der Waals surface area contributed by atoms with E-state index >= 15 is 0 Å². The van der Waals surface area contributed by atoms with Crippen molar-refractivity contribution in [2.45, 2.75) is 45.7 Å². The topological polar surface area (TPSA) is 48.9 Å². The molecule has 1 unspecified atom stereocenters. The molecule has 1 fully saturated rings. The molecule has 0 aliphatic carbocycles. The van der Waals surface area contributed by atoms with Gasteiger partial charge in [-0.2, -0.15) is 0 Å². The Morgan fingerprint density at radius 2 is 1.96 bits per heavy atom. The fourth-order valence-corrected chi connectivity index (χ4v) is 3.18. The maximum absolute atomic E-state index is 5.60. The Kier molecular flexibility index (Phi) is 7.37. The van der Waals surface area contributed by atoms with Crippen molar-refractivity contribution in [1.29, 1.82) is 0 Å². The van der Waals surface area contributed by atoms with E-state index < -0.39 is 0 Å². The molecular weight excluding hydrogens is 300 g/mol. The second-order valence-electron chi connectivity index (χ2n) is 6.52. The van der Waals surface area contributed by atoms with Crippen LogP contribution in [0.3, 0.4) is 0 Å². The quantitative estimate of drug-likeness (QED) is 0.595. The van der Waals surface area contributed by atoms with Gasteiger partial charge in [-0.15, -0.1) is 0 Å². The number of aliphatic imine (C=N–C) groups is 1. The Balaban J connectivity index is 2.22. The van der Waals surface area contributed by atoms with E-state index in [1.807, 2.05) is 12.1 Å². The monoisotopic (exact) mass is 332 g/mol. The SMILES string of the molecule is CCNC(=NCC(c1ccccc1OC)N1CCCC1)NC(C)C. The first-order chi connectivity index (χ1) is 11.7. The fraction of sp³-hybridized carbons (Fsp3) is 0.632. The number of nitrogens with one attached hydrogen (secondary N) is 2. The number of methoxy groups -OCH3 is 1. The fourth-order valence-electron chi connectivity index (χ4n) is 3.18. The molecular formula is C19H32N4O. The van der Waals surface area contributed by atoms with Gasteiger partial charge < -0.3 is 15.4 Å².